The van der Waals surface area contributed by atoms with Crippen LogP contribution in [-0.2, 0) is 16.6 Å². The zero-order valence-corrected chi connectivity index (χ0v) is 17.6. The Morgan fingerprint density at radius 2 is 1.90 bits per heavy atom. The zero-order valence-electron chi connectivity index (χ0n) is 15.9. The van der Waals surface area contributed by atoms with Crippen molar-refractivity contribution >= 4 is 43.2 Å². The van der Waals surface area contributed by atoms with E-state index in [1.165, 1.54) is 16.4 Å². The number of carbonyl (C=O) groups is 1. The molecular formula is C20H21N3O4S2. The minimum Gasteiger partial charge on any atom is -0.322 e. The summed E-state index contributed by atoms with van der Waals surface area (Å²) in [6, 6.07) is 11.4. The van der Waals surface area contributed by atoms with Gasteiger partial charge in [-0.1, -0.05) is 17.4 Å². The number of carbonyl (C=O) groups excluding carboxylic acids is 1. The molecule has 1 fully saturated rings. The van der Waals surface area contributed by atoms with E-state index in [1.807, 2.05) is 6.92 Å². The lowest BCUT2D eigenvalue weighted by molar-refractivity contribution is 0.102. The fourth-order valence-electron chi connectivity index (χ4n) is 3.52. The molecule has 29 heavy (non-hydrogen) atoms. The number of thiazole rings is 1. The van der Waals surface area contributed by atoms with Crippen LogP contribution in [0.3, 0.4) is 0 Å². The first-order valence-electron chi connectivity index (χ1n) is 9.45. The number of amides is 1. The quantitative estimate of drug-likeness (QED) is 0.672. The maximum atomic E-state index is 12.7. The minimum atomic E-state index is -3.58. The van der Waals surface area contributed by atoms with Crippen molar-refractivity contribution in [2.24, 2.45) is 0 Å². The molecule has 0 spiro atoms. The van der Waals surface area contributed by atoms with Crippen molar-refractivity contribution in [3.8, 4) is 0 Å². The molecule has 1 N–H and O–H groups in total. The molecule has 1 aromatic heterocycles. The van der Waals surface area contributed by atoms with Crippen LogP contribution in [0.5, 0.6) is 0 Å². The summed E-state index contributed by atoms with van der Waals surface area (Å²) < 4.78 is 29.4. The number of hydrogen-bond acceptors (Lipinski definition) is 5. The van der Waals surface area contributed by atoms with Crippen molar-refractivity contribution in [2.75, 3.05) is 18.4 Å². The average molecular weight is 432 g/mol. The van der Waals surface area contributed by atoms with Crippen LogP contribution >= 0.6 is 11.3 Å². The highest BCUT2D eigenvalue weighted by Gasteiger charge is 2.27. The van der Waals surface area contributed by atoms with Gasteiger partial charge in [0, 0.05) is 30.9 Å². The van der Waals surface area contributed by atoms with Gasteiger partial charge in [-0.25, -0.2) is 8.42 Å². The number of benzene rings is 2. The zero-order chi connectivity index (χ0) is 20.6. The summed E-state index contributed by atoms with van der Waals surface area (Å²) in [5.41, 5.74) is 1.66. The van der Waals surface area contributed by atoms with Gasteiger partial charge in [-0.05, 0) is 56.2 Å². The van der Waals surface area contributed by atoms with Crippen molar-refractivity contribution in [1.29, 1.82) is 0 Å². The molecule has 0 atom stereocenters. The molecule has 3 aromatic rings. The maximum absolute atomic E-state index is 12.7. The molecule has 1 aliphatic rings. The molecule has 0 unspecified atom stereocenters. The second-order valence-electron chi connectivity index (χ2n) is 6.89. The van der Waals surface area contributed by atoms with Crippen LogP contribution < -0.4 is 10.2 Å². The third-order valence-corrected chi connectivity index (χ3v) is 7.88. The molecule has 1 amide bonds. The summed E-state index contributed by atoms with van der Waals surface area (Å²) in [4.78, 5) is 24.8. The Morgan fingerprint density at radius 1 is 1.14 bits per heavy atom. The molecule has 0 radical (unpaired) electrons. The Balaban J connectivity index is 1.59. The second-order valence-corrected chi connectivity index (χ2v) is 9.82. The number of fused-ring (bicyclic) bond motifs is 1. The van der Waals surface area contributed by atoms with Crippen LogP contribution in [0, 0.1) is 0 Å². The highest BCUT2D eigenvalue weighted by atomic mass is 32.2. The molecule has 1 saturated heterocycles. The standard InChI is InChI=1S/C20H21N3O4S2/c1-2-23-17-9-8-15(13-18(17)28-20(23)25)21-19(24)14-6-5-7-16(12-14)29(26,27)22-10-3-4-11-22/h5-9,12-13H,2-4,10-11H2,1H3,(H,21,24). The summed E-state index contributed by atoms with van der Waals surface area (Å²) in [5.74, 6) is -0.398. The summed E-state index contributed by atoms with van der Waals surface area (Å²) in [5, 5.41) is 2.79. The predicted molar refractivity (Wildman–Crippen MR) is 114 cm³/mol. The van der Waals surface area contributed by atoms with Crippen molar-refractivity contribution in [1.82, 2.24) is 8.87 Å². The molecule has 4 rings (SSSR count). The molecular weight excluding hydrogens is 410 g/mol. The molecule has 0 saturated carbocycles. The Morgan fingerprint density at radius 3 is 2.62 bits per heavy atom. The first kappa shape index (κ1) is 19.8. The Bertz CT molecular complexity index is 1240. The van der Waals surface area contributed by atoms with Gasteiger partial charge in [-0.15, -0.1) is 0 Å². The highest BCUT2D eigenvalue weighted by molar-refractivity contribution is 7.89. The van der Waals surface area contributed by atoms with Crippen molar-refractivity contribution in [2.45, 2.75) is 31.2 Å². The van der Waals surface area contributed by atoms with E-state index in [2.05, 4.69) is 5.32 Å². The number of aromatic nitrogens is 1. The van der Waals surface area contributed by atoms with E-state index in [4.69, 9.17) is 0 Å². The van der Waals surface area contributed by atoms with Gasteiger partial charge in [0.25, 0.3) is 5.91 Å². The predicted octanol–water partition coefficient (Wildman–Crippen LogP) is 3.12. The maximum Gasteiger partial charge on any atom is 0.308 e. The number of anilines is 1. The van der Waals surface area contributed by atoms with Crippen LogP contribution in [0.1, 0.15) is 30.1 Å². The SMILES string of the molecule is CCn1c(=O)sc2cc(NC(=O)c3cccc(S(=O)(=O)N4CCCC4)c3)ccc21. The van der Waals surface area contributed by atoms with Crippen molar-refractivity contribution < 1.29 is 13.2 Å². The number of rotatable bonds is 5. The lowest BCUT2D eigenvalue weighted by Gasteiger charge is -2.16. The Hall–Kier alpha value is -2.49. The fourth-order valence-corrected chi connectivity index (χ4v) is 6.08. The van der Waals surface area contributed by atoms with E-state index < -0.39 is 15.9 Å². The van der Waals surface area contributed by atoms with Crippen LogP contribution in [0.2, 0.25) is 0 Å². The molecule has 7 nitrogen and oxygen atoms in total. The molecule has 0 aliphatic carbocycles. The van der Waals surface area contributed by atoms with E-state index in [9.17, 15) is 18.0 Å². The van der Waals surface area contributed by atoms with E-state index in [-0.39, 0.29) is 15.3 Å². The fraction of sp³-hybridized carbons (Fsp3) is 0.300. The normalized spacial score (nSPS) is 15.1. The summed E-state index contributed by atoms with van der Waals surface area (Å²) in [6.07, 6.45) is 1.71. The summed E-state index contributed by atoms with van der Waals surface area (Å²) >= 11 is 1.13. The molecule has 2 heterocycles. The van der Waals surface area contributed by atoms with E-state index in [0.717, 1.165) is 34.4 Å². The van der Waals surface area contributed by atoms with Gasteiger partial charge in [-0.2, -0.15) is 4.31 Å². The van der Waals surface area contributed by atoms with E-state index in [1.54, 1.807) is 34.9 Å². The minimum absolute atomic E-state index is 0.0363. The van der Waals surface area contributed by atoms with Gasteiger partial charge in [0.2, 0.25) is 10.0 Å². The van der Waals surface area contributed by atoms with Crippen LogP contribution in [0.25, 0.3) is 10.2 Å². The smallest absolute Gasteiger partial charge is 0.308 e. The lowest BCUT2D eigenvalue weighted by atomic mass is 10.2. The van der Waals surface area contributed by atoms with Gasteiger partial charge in [0.15, 0.2) is 0 Å². The van der Waals surface area contributed by atoms with Gasteiger partial charge < -0.3 is 5.32 Å². The number of nitrogens with one attached hydrogen (secondary N) is 1. The van der Waals surface area contributed by atoms with E-state index >= 15 is 0 Å². The second kappa shape index (κ2) is 7.74. The topological polar surface area (TPSA) is 88.5 Å². The van der Waals surface area contributed by atoms with Crippen molar-refractivity contribution in [3.05, 3.63) is 57.7 Å². The molecule has 2 aromatic carbocycles. The van der Waals surface area contributed by atoms with Gasteiger partial charge in [0.05, 0.1) is 15.1 Å². The van der Waals surface area contributed by atoms with Crippen LogP contribution in [-0.4, -0.2) is 36.3 Å². The van der Waals surface area contributed by atoms with Gasteiger partial charge in [-0.3, -0.25) is 14.2 Å². The number of sulfonamides is 1. The molecule has 0 bridgehead atoms. The number of hydrogen-bond donors (Lipinski definition) is 1. The Labute approximate surface area is 172 Å². The average Bonchev–Trinajstić information content (AvgIpc) is 3.35. The third kappa shape index (κ3) is 3.73. The van der Waals surface area contributed by atoms with Crippen molar-refractivity contribution in [3.63, 3.8) is 0 Å². The summed E-state index contributed by atoms with van der Waals surface area (Å²) in [6.45, 7) is 3.52. The number of nitrogens with zero attached hydrogens (tertiary/aromatic N) is 2. The van der Waals surface area contributed by atoms with Crippen LogP contribution in [0.15, 0.2) is 52.2 Å². The van der Waals surface area contributed by atoms with Gasteiger partial charge >= 0.3 is 4.87 Å². The molecule has 152 valence electrons. The third-order valence-electron chi connectivity index (χ3n) is 5.04. The first-order valence-corrected chi connectivity index (χ1v) is 11.7. The number of aryl methyl sites for hydroxylation is 1. The van der Waals surface area contributed by atoms with Crippen LogP contribution in [0.4, 0.5) is 5.69 Å². The monoisotopic (exact) mass is 431 g/mol. The van der Waals surface area contributed by atoms with E-state index in [0.29, 0.717) is 25.3 Å². The van der Waals surface area contributed by atoms with Gasteiger partial charge in [0.1, 0.15) is 0 Å². The largest absolute Gasteiger partial charge is 0.322 e. The first-order chi connectivity index (χ1) is 13.9. The lowest BCUT2D eigenvalue weighted by Crippen LogP contribution is -2.28. The highest BCUT2D eigenvalue weighted by Crippen LogP contribution is 2.24. The molecule has 9 heteroatoms. The summed E-state index contributed by atoms with van der Waals surface area (Å²) in [7, 11) is -3.58. The Kier molecular flexibility index (Phi) is 5.28. The molecule has 1 aliphatic heterocycles.